The van der Waals surface area contributed by atoms with E-state index in [1.165, 1.54) is 18.4 Å². The molecule has 2 aliphatic heterocycles. The molecule has 1 fully saturated rings. The Labute approximate surface area is 132 Å². The van der Waals surface area contributed by atoms with Gasteiger partial charge < -0.3 is 14.8 Å². The van der Waals surface area contributed by atoms with Crippen LogP contribution in [0.4, 0.5) is 0 Å². The van der Waals surface area contributed by atoms with Crippen molar-refractivity contribution in [3.8, 4) is 11.5 Å². The second-order valence-electron chi connectivity index (χ2n) is 7.04. The van der Waals surface area contributed by atoms with E-state index in [0.29, 0.717) is 24.0 Å². The highest BCUT2D eigenvalue weighted by atomic mass is 35.5. The summed E-state index contributed by atoms with van der Waals surface area (Å²) in [7, 11) is 0. The van der Waals surface area contributed by atoms with Crippen molar-refractivity contribution >= 4 is 11.6 Å². The summed E-state index contributed by atoms with van der Waals surface area (Å²) < 4.78 is 11.8. The molecule has 21 heavy (non-hydrogen) atoms. The van der Waals surface area contributed by atoms with Gasteiger partial charge >= 0.3 is 0 Å². The first-order valence-electron chi connectivity index (χ1n) is 7.82. The van der Waals surface area contributed by atoms with Gasteiger partial charge in [-0.2, -0.15) is 0 Å². The summed E-state index contributed by atoms with van der Waals surface area (Å²) in [5, 5.41) is 4.08. The largest absolute Gasteiger partial charge is 0.489 e. The maximum absolute atomic E-state index is 6.41. The van der Waals surface area contributed by atoms with Gasteiger partial charge in [0.05, 0.1) is 18.2 Å². The van der Waals surface area contributed by atoms with Gasteiger partial charge in [0, 0.05) is 5.41 Å². The van der Waals surface area contributed by atoms with Crippen LogP contribution in [0.3, 0.4) is 0 Å². The smallest absolute Gasteiger partial charge is 0.179 e. The van der Waals surface area contributed by atoms with Crippen molar-refractivity contribution in [3.63, 3.8) is 0 Å². The molecule has 0 bridgehead atoms. The number of hydrogen-bond donors (Lipinski definition) is 1. The maximum atomic E-state index is 6.41. The second kappa shape index (κ2) is 6.05. The van der Waals surface area contributed by atoms with E-state index in [9.17, 15) is 0 Å². The molecule has 0 saturated carbocycles. The fourth-order valence-electron chi connectivity index (χ4n) is 2.99. The summed E-state index contributed by atoms with van der Waals surface area (Å²) in [4.78, 5) is 0. The van der Waals surface area contributed by atoms with Crippen molar-refractivity contribution in [1.82, 2.24) is 5.32 Å². The first kappa shape index (κ1) is 15.0. The highest BCUT2D eigenvalue weighted by molar-refractivity contribution is 6.32. The van der Waals surface area contributed by atoms with E-state index in [4.69, 9.17) is 21.1 Å². The molecule has 0 aromatic heterocycles. The van der Waals surface area contributed by atoms with Crippen molar-refractivity contribution in [2.45, 2.75) is 33.1 Å². The molecule has 1 saturated heterocycles. The van der Waals surface area contributed by atoms with Gasteiger partial charge in [0.15, 0.2) is 11.5 Å². The number of rotatable bonds is 2. The van der Waals surface area contributed by atoms with E-state index >= 15 is 0 Å². The van der Waals surface area contributed by atoms with Gasteiger partial charge in [0.25, 0.3) is 0 Å². The van der Waals surface area contributed by atoms with E-state index in [1.807, 2.05) is 6.07 Å². The molecule has 116 valence electrons. The zero-order chi connectivity index (χ0) is 14.9. The number of ether oxygens (including phenoxy) is 2. The summed E-state index contributed by atoms with van der Waals surface area (Å²) >= 11 is 6.41. The number of benzene rings is 1. The molecular formula is C17H24ClNO2. The van der Waals surface area contributed by atoms with Crippen LogP contribution < -0.4 is 14.8 Å². The molecule has 4 heteroatoms. The highest BCUT2D eigenvalue weighted by Crippen LogP contribution is 2.41. The van der Waals surface area contributed by atoms with Gasteiger partial charge in [0.1, 0.15) is 0 Å². The molecule has 0 atom stereocenters. The number of nitrogens with one attached hydrogen (secondary N) is 1. The van der Waals surface area contributed by atoms with Crippen molar-refractivity contribution in [3.05, 3.63) is 22.7 Å². The van der Waals surface area contributed by atoms with Crippen LogP contribution in [0.2, 0.25) is 5.02 Å². The Balaban J connectivity index is 1.79. The molecule has 0 amide bonds. The van der Waals surface area contributed by atoms with Crippen LogP contribution in [0.25, 0.3) is 0 Å². The molecule has 2 heterocycles. The topological polar surface area (TPSA) is 30.5 Å². The minimum absolute atomic E-state index is 0.0115. The Kier molecular flexibility index (Phi) is 4.32. The van der Waals surface area contributed by atoms with Gasteiger partial charge in [0.2, 0.25) is 0 Å². The molecule has 3 rings (SSSR count). The van der Waals surface area contributed by atoms with Gasteiger partial charge in [-0.1, -0.05) is 25.4 Å². The Morgan fingerprint density at radius 1 is 1.19 bits per heavy atom. The van der Waals surface area contributed by atoms with Crippen molar-refractivity contribution in [1.29, 1.82) is 0 Å². The third kappa shape index (κ3) is 3.64. The summed E-state index contributed by atoms with van der Waals surface area (Å²) in [6.45, 7) is 7.82. The van der Waals surface area contributed by atoms with Crippen molar-refractivity contribution in [2.24, 2.45) is 11.3 Å². The zero-order valence-corrected chi connectivity index (χ0v) is 13.6. The number of halogens is 1. The summed E-state index contributed by atoms with van der Waals surface area (Å²) in [6.07, 6.45) is 3.54. The SMILES string of the molecule is CC1(C)COc2cc(CC3CCNCC3)cc(Cl)c2OC1. The van der Waals surface area contributed by atoms with E-state index in [1.54, 1.807) is 0 Å². The van der Waals surface area contributed by atoms with Crippen LogP contribution in [-0.2, 0) is 6.42 Å². The second-order valence-corrected chi connectivity index (χ2v) is 7.45. The predicted octanol–water partition coefficient (Wildman–Crippen LogP) is 3.68. The Bertz CT molecular complexity index is 510. The monoisotopic (exact) mass is 309 g/mol. The maximum Gasteiger partial charge on any atom is 0.179 e. The molecule has 0 radical (unpaired) electrons. The first-order valence-corrected chi connectivity index (χ1v) is 8.20. The first-order chi connectivity index (χ1) is 10.0. The molecule has 1 aromatic rings. The number of hydrogen-bond acceptors (Lipinski definition) is 3. The molecule has 0 spiro atoms. The molecule has 2 aliphatic rings. The third-order valence-electron chi connectivity index (χ3n) is 4.28. The average Bonchev–Trinajstić information content (AvgIpc) is 2.60. The van der Waals surface area contributed by atoms with Gasteiger partial charge in [-0.25, -0.2) is 0 Å². The lowest BCUT2D eigenvalue weighted by Crippen LogP contribution is -2.28. The van der Waals surface area contributed by atoms with E-state index in [2.05, 4.69) is 25.2 Å². The number of fused-ring (bicyclic) bond motifs is 1. The minimum Gasteiger partial charge on any atom is -0.489 e. The molecule has 1 aromatic carbocycles. The van der Waals surface area contributed by atoms with Gasteiger partial charge in [-0.15, -0.1) is 0 Å². The molecule has 3 nitrogen and oxygen atoms in total. The zero-order valence-electron chi connectivity index (χ0n) is 12.9. The van der Waals surface area contributed by atoms with Crippen LogP contribution in [0.5, 0.6) is 11.5 Å². The van der Waals surface area contributed by atoms with Gasteiger partial charge in [-0.05, 0) is 56.0 Å². The number of piperidine rings is 1. The Morgan fingerprint density at radius 2 is 1.90 bits per heavy atom. The Morgan fingerprint density at radius 3 is 2.67 bits per heavy atom. The quantitative estimate of drug-likeness (QED) is 0.904. The molecule has 0 aliphatic carbocycles. The summed E-state index contributed by atoms with van der Waals surface area (Å²) in [6, 6.07) is 4.16. The van der Waals surface area contributed by atoms with Crippen LogP contribution >= 0.6 is 11.6 Å². The van der Waals surface area contributed by atoms with Crippen LogP contribution in [0.1, 0.15) is 32.3 Å². The minimum atomic E-state index is 0.0115. The van der Waals surface area contributed by atoms with E-state index < -0.39 is 0 Å². The average molecular weight is 310 g/mol. The predicted molar refractivity (Wildman–Crippen MR) is 85.5 cm³/mol. The fourth-order valence-corrected chi connectivity index (χ4v) is 3.28. The standard InChI is InChI=1S/C17H24ClNO2/c1-17(2)10-20-15-9-13(7-12-3-5-19-6-4-12)8-14(18)16(15)21-11-17/h8-9,12,19H,3-7,10-11H2,1-2H3. The summed E-state index contributed by atoms with van der Waals surface area (Å²) in [5.74, 6) is 2.25. The molecule has 0 unspecified atom stereocenters. The van der Waals surface area contributed by atoms with E-state index in [0.717, 1.165) is 31.2 Å². The lowest BCUT2D eigenvalue weighted by molar-refractivity contribution is 0.140. The van der Waals surface area contributed by atoms with Crippen LogP contribution in [0, 0.1) is 11.3 Å². The lowest BCUT2D eigenvalue weighted by Gasteiger charge is -2.23. The normalized spacial score (nSPS) is 21.9. The Hall–Kier alpha value is -0.930. The third-order valence-corrected chi connectivity index (χ3v) is 4.56. The van der Waals surface area contributed by atoms with Gasteiger partial charge in [-0.3, -0.25) is 0 Å². The van der Waals surface area contributed by atoms with Crippen molar-refractivity contribution < 1.29 is 9.47 Å². The molecule has 1 N–H and O–H groups in total. The fraction of sp³-hybridized carbons (Fsp3) is 0.647. The molecular weight excluding hydrogens is 286 g/mol. The van der Waals surface area contributed by atoms with E-state index in [-0.39, 0.29) is 5.41 Å². The van der Waals surface area contributed by atoms with Crippen LogP contribution in [-0.4, -0.2) is 26.3 Å². The highest BCUT2D eigenvalue weighted by Gasteiger charge is 2.27. The summed E-state index contributed by atoms with van der Waals surface area (Å²) in [5.41, 5.74) is 1.27. The van der Waals surface area contributed by atoms with Crippen LogP contribution in [0.15, 0.2) is 12.1 Å². The lowest BCUT2D eigenvalue weighted by atomic mass is 9.91. The van der Waals surface area contributed by atoms with Crippen molar-refractivity contribution in [2.75, 3.05) is 26.3 Å².